The minimum atomic E-state index is 0. The molecule has 0 unspecified atom stereocenters. The molecule has 0 fully saturated rings. The van der Waals surface area contributed by atoms with Gasteiger partial charge in [-0.2, -0.15) is 0 Å². The maximum Gasteiger partial charge on any atom is 0.134 e. The number of hydrogen-bond donors (Lipinski definition) is 2. The Balaban J connectivity index is 0.00000242. The summed E-state index contributed by atoms with van der Waals surface area (Å²) in [6.07, 6.45) is 3.03. The maximum atomic E-state index is 8.71. The van der Waals surface area contributed by atoms with Gasteiger partial charge in [-0.05, 0) is 62.6 Å². The fraction of sp³-hybridized carbons (Fsp3) is 0.412. The summed E-state index contributed by atoms with van der Waals surface area (Å²) in [4.78, 5) is 0. The third-order valence-corrected chi connectivity index (χ3v) is 4.30. The zero-order valence-corrected chi connectivity index (χ0v) is 15.2. The van der Waals surface area contributed by atoms with E-state index in [2.05, 4.69) is 40.3 Å². The number of hydrogen-bond acceptors (Lipinski definition) is 3. The van der Waals surface area contributed by atoms with Gasteiger partial charge >= 0.3 is 0 Å². The number of furan rings is 1. The summed E-state index contributed by atoms with van der Waals surface area (Å²) in [6.45, 7) is 4.06. The Morgan fingerprint density at radius 1 is 1.14 bits per heavy atom. The second-order valence-corrected chi connectivity index (χ2v) is 6.05. The molecule has 2 rings (SSSR count). The van der Waals surface area contributed by atoms with Gasteiger partial charge in [-0.1, -0.05) is 22.0 Å². The molecule has 0 aliphatic rings. The standard InChI is InChI=1S/C17H22BrNO2.ClH/c1-13-11-14(5-7-16(13)18)17-8-6-15(21-17)12-19-9-3-2-4-10-20;/h5-8,11,19-20H,2-4,9-10,12H2,1H3;1H. The third-order valence-electron chi connectivity index (χ3n) is 3.42. The zero-order chi connectivity index (χ0) is 15.1. The molecule has 1 aromatic heterocycles. The predicted octanol–water partition coefficient (Wildman–Crippen LogP) is 4.69. The van der Waals surface area contributed by atoms with Crippen LogP contribution >= 0.6 is 28.3 Å². The molecule has 0 aliphatic heterocycles. The first-order chi connectivity index (χ1) is 10.2. The number of halogens is 2. The van der Waals surface area contributed by atoms with E-state index in [0.29, 0.717) is 0 Å². The average molecular weight is 389 g/mol. The van der Waals surface area contributed by atoms with Crippen LogP contribution in [0.3, 0.4) is 0 Å². The predicted molar refractivity (Wildman–Crippen MR) is 96.5 cm³/mol. The SMILES string of the molecule is Cc1cc(-c2ccc(CNCCCCCO)o2)ccc1Br.Cl. The Morgan fingerprint density at radius 2 is 1.95 bits per heavy atom. The van der Waals surface area contributed by atoms with Crippen LogP contribution in [0.5, 0.6) is 0 Å². The minimum Gasteiger partial charge on any atom is -0.460 e. The topological polar surface area (TPSA) is 45.4 Å². The molecule has 1 aromatic carbocycles. The van der Waals surface area contributed by atoms with Crippen molar-refractivity contribution < 1.29 is 9.52 Å². The molecule has 2 N–H and O–H groups in total. The van der Waals surface area contributed by atoms with Gasteiger partial charge in [-0.15, -0.1) is 12.4 Å². The van der Waals surface area contributed by atoms with E-state index in [1.165, 1.54) is 5.56 Å². The Hall–Kier alpha value is -0.810. The van der Waals surface area contributed by atoms with Crippen molar-refractivity contribution >= 4 is 28.3 Å². The van der Waals surface area contributed by atoms with Crippen molar-refractivity contribution in [2.75, 3.05) is 13.2 Å². The van der Waals surface area contributed by atoms with Crippen molar-refractivity contribution in [3.05, 3.63) is 46.1 Å². The van der Waals surface area contributed by atoms with Gasteiger partial charge < -0.3 is 14.8 Å². The molecule has 0 spiro atoms. The summed E-state index contributed by atoms with van der Waals surface area (Å²) in [6, 6.07) is 10.3. The summed E-state index contributed by atoms with van der Waals surface area (Å²) in [5, 5.41) is 12.1. The number of nitrogens with one attached hydrogen (secondary N) is 1. The van der Waals surface area contributed by atoms with Crippen molar-refractivity contribution in [1.29, 1.82) is 0 Å². The molecule has 0 bridgehead atoms. The van der Waals surface area contributed by atoms with Gasteiger partial charge in [0.2, 0.25) is 0 Å². The fourth-order valence-corrected chi connectivity index (χ4v) is 2.42. The van der Waals surface area contributed by atoms with E-state index >= 15 is 0 Å². The van der Waals surface area contributed by atoms with Crippen molar-refractivity contribution in [2.45, 2.75) is 32.7 Å². The second-order valence-electron chi connectivity index (χ2n) is 5.19. The molecular weight excluding hydrogens is 366 g/mol. The van der Waals surface area contributed by atoms with Crippen LogP contribution in [-0.4, -0.2) is 18.3 Å². The first kappa shape index (κ1) is 19.2. The van der Waals surface area contributed by atoms with Crippen LogP contribution in [0, 0.1) is 6.92 Å². The molecule has 0 saturated heterocycles. The van der Waals surface area contributed by atoms with Crippen LogP contribution in [0.2, 0.25) is 0 Å². The van der Waals surface area contributed by atoms with Crippen LogP contribution in [0.25, 0.3) is 11.3 Å². The molecular formula is C17H23BrClNO2. The van der Waals surface area contributed by atoms with E-state index in [4.69, 9.17) is 9.52 Å². The Morgan fingerprint density at radius 3 is 2.68 bits per heavy atom. The summed E-state index contributed by atoms with van der Waals surface area (Å²) >= 11 is 3.51. The second kappa shape index (κ2) is 10.1. The van der Waals surface area contributed by atoms with Gasteiger partial charge in [0.1, 0.15) is 11.5 Å². The first-order valence-corrected chi connectivity index (χ1v) is 8.17. The molecule has 0 atom stereocenters. The van der Waals surface area contributed by atoms with Crippen molar-refractivity contribution in [3.8, 4) is 11.3 Å². The van der Waals surface area contributed by atoms with Crippen LogP contribution in [0.1, 0.15) is 30.6 Å². The number of aliphatic hydroxyl groups is 1. The van der Waals surface area contributed by atoms with Crippen LogP contribution in [0.15, 0.2) is 39.2 Å². The van der Waals surface area contributed by atoms with Crippen LogP contribution in [0.4, 0.5) is 0 Å². The smallest absolute Gasteiger partial charge is 0.134 e. The van der Waals surface area contributed by atoms with Gasteiger partial charge in [-0.3, -0.25) is 0 Å². The maximum absolute atomic E-state index is 8.71. The highest BCUT2D eigenvalue weighted by atomic mass is 79.9. The first-order valence-electron chi connectivity index (χ1n) is 7.37. The van der Waals surface area contributed by atoms with Crippen molar-refractivity contribution in [3.63, 3.8) is 0 Å². The third kappa shape index (κ3) is 5.76. The Labute approximate surface area is 146 Å². The van der Waals surface area contributed by atoms with Gasteiger partial charge in [0.15, 0.2) is 0 Å². The number of rotatable bonds is 8. The normalized spacial score (nSPS) is 10.5. The lowest BCUT2D eigenvalue weighted by molar-refractivity contribution is 0.282. The lowest BCUT2D eigenvalue weighted by atomic mass is 10.1. The molecule has 5 heteroatoms. The number of aryl methyl sites for hydroxylation is 1. The highest BCUT2D eigenvalue weighted by Gasteiger charge is 2.06. The highest BCUT2D eigenvalue weighted by molar-refractivity contribution is 9.10. The Bertz CT molecular complexity index is 572. The molecule has 2 aromatic rings. The highest BCUT2D eigenvalue weighted by Crippen LogP contribution is 2.26. The van der Waals surface area contributed by atoms with Gasteiger partial charge in [0, 0.05) is 16.6 Å². The summed E-state index contributed by atoms with van der Waals surface area (Å²) in [5.41, 5.74) is 2.30. The molecule has 0 saturated carbocycles. The number of unbranched alkanes of at least 4 members (excludes halogenated alkanes) is 2. The molecule has 0 radical (unpaired) electrons. The van der Waals surface area contributed by atoms with E-state index in [-0.39, 0.29) is 19.0 Å². The molecule has 0 aliphatic carbocycles. The zero-order valence-electron chi connectivity index (χ0n) is 12.8. The van der Waals surface area contributed by atoms with E-state index in [1.54, 1.807) is 0 Å². The lowest BCUT2D eigenvalue weighted by Gasteiger charge is -2.03. The summed E-state index contributed by atoms with van der Waals surface area (Å²) in [5.74, 6) is 1.86. The monoisotopic (exact) mass is 387 g/mol. The summed E-state index contributed by atoms with van der Waals surface area (Å²) < 4.78 is 6.99. The largest absolute Gasteiger partial charge is 0.460 e. The van der Waals surface area contributed by atoms with Crippen molar-refractivity contribution in [1.82, 2.24) is 5.32 Å². The van der Waals surface area contributed by atoms with E-state index in [1.807, 2.05) is 18.2 Å². The van der Waals surface area contributed by atoms with Crippen LogP contribution in [-0.2, 0) is 6.54 Å². The molecule has 1 heterocycles. The van der Waals surface area contributed by atoms with E-state index in [9.17, 15) is 0 Å². The summed E-state index contributed by atoms with van der Waals surface area (Å²) in [7, 11) is 0. The molecule has 122 valence electrons. The van der Waals surface area contributed by atoms with E-state index in [0.717, 1.165) is 53.9 Å². The number of benzene rings is 1. The van der Waals surface area contributed by atoms with Gasteiger partial charge in [0.05, 0.1) is 6.54 Å². The lowest BCUT2D eigenvalue weighted by Crippen LogP contribution is -2.14. The minimum absolute atomic E-state index is 0. The Kier molecular flexibility index (Phi) is 8.79. The quantitative estimate of drug-likeness (QED) is 0.645. The molecule has 0 amide bonds. The molecule has 3 nitrogen and oxygen atoms in total. The van der Waals surface area contributed by atoms with Crippen LogP contribution < -0.4 is 5.32 Å². The van der Waals surface area contributed by atoms with Gasteiger partial charge in [-0.25, -0.2) is 0 Å². The number of aliphatic hydroxyl groups excluding tert-OH is 1. The van der Waals surface area contributed by atoms with Crippen molar-refractivity contribution in [2.24, 2.45) is 0 Å². The fourth-order valence-electron chi connectivity index (χ4n) is 2.18. The van der Waals surface area contributed by atoms with Gasteiger partial charge in [0.25, 0.3) is 0 Å². The van der Waals surface area contributed by atoms with E-state index < -0.39 is 0 Å². The average Bonchev–Trinajstić information content (AvgIpc) is 2.94. The molecule has 22 heavy (non-hydrogen) atoms.